The molecule has 1 aromatic carbocycles. The Morgan fingerprint density at radius 3 is 2.53 bits per heavy atom. The normalized spacial score (nSPS) is 10.4. The number of halogens is 2. The molecule has 104 valence electrons. The lowest BCUT2D eigenvalue weighted by molar-refractivity contribution is -0.120. The summed E-state index contributed by atoms with van der Waals surface area (Å²) in [5.74, 6) is -0.297. The van der Waals surface area contributed by atoms with Gasteiger partial charge in [-0.2, -0.15) is 0 Å². The Labute approximate surface area is 122 Å². The molecule has 0 bridgehead atoms. The Balaban J connectivity index is 2.51. The molecule has 0 unspecified atom stereocenters. The molecule has 1 rings (SSSR count). The average molecular weight is 303 g/mol. The molecule has 0 aliphatic carbocycles. The molecule has 2 N–H and O–H groups in total. The molecular formula is C13H16Cl2N2O2. The molecule has 0 saturated carbocycles. The molecule has 19 heavy (non-hydrogen) atoms. The van der Waals surface area contributed by atoms with E-state index in [1.165, 1.54) is 12.1 Å². The minimum absolute atomic E-state index is 0.0889. The van der Waals surface area contributed by atoms with Crippen molar-refractivity contribution in [2.24, 2.45) is 5.92 Å². The molecule has 0 fully saturated rings. The number of rotatable bonds is 5. The Bertz CT molecular complexity index is 476. The third-order valence-corrected chi connectivity index (χ3v) is 2.85. The van der Waals surface area contributed by atoms with Gasteiger partial charge >= 0.3 is 0 Å². The van der Waals surface area contributed by atoms with Gasteiger partial charge in [0, 0.05) is 11.6 Å². The number of carbonyl (C=O) groups excluding carboxylic acids is 2. The van der Waals surface area contributed by atoms with Crippen molar-refractivity contribution in [3.63, 3.8) is 0 Å². The fourth-order valence-electron chi connectivity index (χ4n) is 1.31. The van der Waals surface area contributed by atoms with Crippen molar-refractivity contribution in [1.82, 2.24) is 10.6 Å². The minimum atomic E-state index is -0.424. The molecule has 0 heterocycles. The molecule has 0 spiro atoms. The van der Waals surface area contributed by atoms with E-state index in [4.69, 9.17) is 23.2 Å². The Morgan fingerprint density at radius 1 is 1.21 bits per heavy atom. The van der Waals surface area contributed by atoms with Crippen molar-refractivity contribution < 1.29 is 9.59 Å². The molecule has 0 aliphatic heterocycles. The molecule has 4 nitrogen and oxygen atoms in total. The third-order valence-electron chi connectivity index (χ3n) is 2.29. The fourth-order valence-corrected chi connectivity index (χ4v) is 1.68. The number of hydrogen-bond donors (Lipinski definition) is 2. The van der Waals surface area contributed by atoms with E-state index in [1.54, 1.807) is 6.07 Å². The van der Waals surface area contributed by atoms with Crippen LogP contribution in [-0.4, -0.2) is 24.9 Å². The van der Waals surface area contributed by atoms with Gasteiger partial charge in [0.15, 0.2) is 0 Å². The van der Waals surface area contributed by atoms with Gasteiger partial charge in [-0.3, -0.25) is 9.59 Å². The molecule has 1 aromatic rings. The van der Waals surface area contributed by atoms with Crippen LogP contribution in [0.15, 0.2) is 18.2 Å². The first kappa shape index (κ1) is 15.8. The number of carbonyl (C=O) groups is 2. The molecular weight excluding hydrogens is 287 g/mol. The quantitative estimate of drug-likeness (QED) is 0.878. The monoisotopic (exact) mass is 302 g/mol. The van der Waals surface area contributed by atoms with E-state index < -0.39 is 5.91 Å². The second kappa shape index (κ2) is 7.36. The predicted octanol–water partition coefficient (Wildman–Crippen LogP) is 2.50. The molecule has 0 radical (unpaired) electrons. The van der Waals surface area contributed by atoms with Crippen LogP contribution in [0.3, 0.4) is 0 Å². The lowest BCUT2D eigenvalue weighted by atomic mass is 10.2. The highest BCUT2D eigenvalue weighted by Gasteiger charge is 2.12. The maximum absolute atomic E-state index is 11.8. The maximum Gasteiger partial charge on any atom is 0.253 e. The van der Waals surface area contributed by atoms with Gasteiger partial charge in [0.25, 0.3) is 5.91 Å². The largest absolute Gasteiger partial charge is 0.354 e. The SMILES string of the molecule is CC(C)CNC(=O)CNC(=O)c1cc(Cl)ccc1Cl. The summed E-state index contributed by atoms with van der Waals surface area (Å²) in [4.78, 5) is 23.3. The van der Waals surface area contributed by atoms with E-state index in [-0.39, 0.29) is 18.0 Å². The summed E-state index contributed by atoms with van der Waals surface area (Å²) in [6.45, 7) is 4.47. The maximum atomic E-state index is 11.8. The topological polar surface area (TPSA) is 58.2 Å². The number of hydrogen-bond acceptors (Lipinski definition) is 2. The van der Waals surface area contributed by atoms with Gasteiger partial charge in [0.2, 0.25) is 5.91 Å². The summed E-state index contributed by atoms with van der Waals surface area (Å²) in [6, 6.07) is 4.60. The highest BCUT2D eigenvalue weighted by Crippen LogP contribution is 2.20. The van der Waals surface area contributed by atoms with E-state index in [2.05, 4.69) is 10.6 Å². The molecule has 0 atom stereocenters. The molecule has 6 heteroatoms. The van der Waals surface area contributed by atoms with E-state index in [9.17, 15) is 9.59 Å². The zero-order valence-corrected chi connectivity index (χ0v) is 12.3. The van der Waals surface area contributed by atoms with Crippen LogP contribution in [-0.2, 0) is 4.79 Å². The first-order valence-electron chi connectivity index (χ1n) is 5.90. The van der Waals surface area contributed by atoms with Crippen LogP contribution in [0.5, 0.6) is 0 Å². The first-order chi connectivity index (χ1) is 8.90. The van der Waals surface area contributed by atoms with E-state index in [0.29, 0.717) is 22.5 Å². The van der Waals surface area contributed by atoms with Crippen LogP contribution in [0.1, 0.15) is 24.2 Å². The van der Waals surface area contributed by atoms with Crippen molar-refractivity contribution in [3.05, 3.63) is 33.8 Å². The van der Waals surface area contributed by atoms with Gasteiger partial charge in [0.1, 0.15) is 0 Å². The zero-order chi connectivity index (χ0) is 14.4. The highest BCUT2D eigenvalue weighted by molar-refractivity contribution is 6.35. The third kappa shape index (κ3) is 5.49. The minimum Gasteiger partial charge on any atom is -0.354 e. The first-order valence-corrected chi connectivity index (χ1v) is 6.65. The van der Waals surface area contributed by atoms with Crippen molar-refractivity contribution >= 4 is 35.0 Å². The summed E-state index contributed by atoms with van der Waals surface area (Å²) in [5.41, 5.74) is 0.255. The van der Waals surface area contributed by atoms with Crippen LogP contribution in [0, 0.1) is 5.92 Å². The van der Waals surface area contributed by atoms with E-state index >= 15 is 0 Å². The van der Waals surface area contributed by atoms with Gasteiger partial charge < -0.3 is 10.6 Å². The van der Waals surface area contributed by atoms with Crippen LogP contribution in [0.4, 0.5) is 0 Å². The second-order valence-corrected chi connectivity index (χ2v) is 5.35. The molecule has 0 aromatic heterocycles. The number of benzene rings is 1. The highest BCUT2D eigenvalue weighted by atomic mass is 35.5. The van der Waals surface area contributed by atoms with Gasteiger partial charge in [-0.15, -0.1) is 0 Å². The molecule has 0 aliphatic rings. The zero-order valence-electron chi connectivity index (χ0n) is 10.8. The summed E-state index contributed by atoms with van der Waals surface area (Å²) in [7, 11) is 0. The Hall–Kier alpha value is -1.26. The van der Waals surface area contributed by atoms with Gasteiger partial charge in [0.05, 0.1) is 17.1 Å². The Morgan fingerprint density at radius 2 is 1.89 bits per heavy atom. The lowest BCUT2D eigenvalue weighted by Crippen LogP contribution is -2.38. The standard InChI is InChI=1S/C13H16Cl2N2O2/c1-8(2)6-16-12(18)7-17-13(19)10-5-9(14)3-4-11(10)15/h3-5,8H,6-7H2,1-2H3,(H,16,18)(H,17,19). The van der Waals surface area contributed by atoms with Crippen LogP contribution in [0.25, 0.3) is 0 Å². The van der Waals surface area contributed by atoms with Crippen molar-refractivity contribution in [3.8, 4) is 0 Å². The van der Waals surface area contributed by atoms with Crippen molar-refractivity contribution in [2.75, 3.05) is 13.1 Å². The summed E-state index contributed by atoms with van der Waals surface area (Å²) >= 11 is 11.7. The smallest absolute Gasteiger partial charge is 0.253 e. The van der Waals surface area contributed by atoms with Gasteiger partial charge in [-0.05, 0) is 24.1 Å². The number of nitrogens with one attached hydrogen (secondary N) is 2. The van der Waals surface area contributed by atoms with Crippen molar-refractivity contribution in [2.45, 2.75) is 13.8 Å². The predicted molar refractivity (Wildman–Crippen MR) is 76.6 cm³/mol. The van der Waals surface area contributed by atoms with Crippen LogP contribution >= 0.6 is 23.2 Å². The molecule has 2 amide bonds. The van der Waals surface area contributed by atoms with Crippen LogP contribution < -0.4 is 10.6 Å². The Kier molecular flexibility index (Phi) is 6.12. The second-order valence-electron chi connectivity index (χ2n) is 4.50. The van der Waals surface area contributed by atoms with E-state index in [1.807, 2.05) is 13.8 Å². The van der Waals surface area contributed by atoms with Crippen molar-refractivity contribution in [1.29, 1.82) is 0 Å². The average Bonchev–Trinajstić information content (AvgIpc) is 2.36. The molecule has 0 saturated heterocycles. The van der Waals surface area contributed by atoms with Gasteiger partial charge in [-0.1, -0.05) is 37.0 Å². The summed E-state index contributed by atoms with van der Waals surface area (Å²) in [6.07, 6.45) is 0. The van der Waals surface area contributed by atoms with Gasteiger partial charge in [-0.25, -0.2) is 0 Å². The summed E-state index contributed by atoms with van der Waals surface area (Å²) < 4.78 is 0. The fraction of sp³-hybridized carbons (Fsp3) is 0.385. The van der Waals surface area contributed by atoms with Crippen LogP contribution in [0.2, 0.25) is 10.0 Å². The summed E-state index contributed by atoms with van der Waals surface area (Å²) in [5, 5.41) is 5.91. The number of amides is 2. The van der Waals surface area contributed by atoms with E-state index in [0.717, 1.165) is 0 Å². The lowest BCUT2D eigenvalue weighted by Gasteiger charge is -2.09.